The molecule has 1 saturated heterocycles. The van der Waals surface area contributed by atoms with E-state index < -0.39 is 16.1 Å². The molecule has 1 aliphatic rings. The van der Waals surface area contributed by atoms with Gasteiger partial charge in [0.15, 0.2) is 0 Å². The third kappa shape index (κ3) is 5.71. The van der Waals surface area contributed by atoms with Crippen LogP contribution in [0.4, 0.5) is 21.0 Å². The number of methoxy groups -OCH3 is 1. The van der Waals surface area contributed by atoms with Crippen molar-refractivity contribution in [3.63, 3.8) is 0 Å². The molecule has 0 atom stereocenters. The number of rotatable bonds is 7. The van der Waals surface area contributed by atoms with Gasteiger partial charge in [-0.15, -0.1) is 0 Å². The number of hydrogen-bond acceptors (Lipinski definition) is 5. The first-order valence-corrected chi connectivity index (χ1v) is 9.41. The number of ether oxygens (including phenoxy) is 1. The van der Waals surface area contributed by atoms with E-state index in [4.69, 9.17) is 4.74 Å². The molecular weight excluding hydrogens is 350 g/mol. The molecule has 11 heteroatoms. The van der Waals surface area contributed by atoms with Crippen molar-refractivity contribution in [2.45, 2.75) is 0 Å². The van der Waals surface area contributed by atoms with Crippen LogP contribution in [-0.4, -0.2) is 64.9 Å². The molecule has 1 aromatic rings. The van der Waals surface area contributed by atoms with Crippen LogP contribution < -0.4 is 25.4 Å². The Morgan fingerprint density at radius 2 is 2.16 bits per heavy atom. The molecule has 0 unspecified atom stereocenters. The predicted octanol–water partition coefficient (Wildman–Crippen LogP) is 0.213. The summed E-state index contributed by atoms with van der Waals surface area (Å²) in [6, 6.07) is 3.97. The number of benzene rings is 1. The second-order valence-corrected chi connectivity index (χ2v) is 7.14. The van der Waals surface area contributed by atoms with Crippen LogP contribution in [0.1, 0.15) is 0 Å². The summed E-state index contributed by atoms with van der Waals surface area (Å²) in [6.07, 6.45) is 1.02. The first-order chi connectivity index (χ1) is 11.8. The summed E-state index contributed by atoms with van der Waals surface area (Å²) < 4.78 is 30.2. The normalized spacial score (nSPS) is 14.0. The van der Waals surface area contributed by atoms with Crippen molar-refractivity contribution >= 4 is 33.5 Å². The van der Waals surface area contributed by atoms with E-state index in [-0.39, 0.29) is 11.7 Å². The van der Waals surface area contributed by atoms with Crippen LogP contribution in [0.25, 0.3) is 0 Å². The molecule has 138 valence electrons. The SMILES string of the molecule is COc1ccc(NC(=O)NCCN2CCNC2=O)cc1NS(C)(=O)=O. The second kappa shape index (κ2) is 7.92. The largest absolute Gasteiger partial charge is 0.495 e. The minimum atomic E-state index is -3.49. The van der Waals surface area contributed by atoms with Gasteiger partial charge in [0.1, 0.15) is 5.75 Å². The van der Waals surface area contributed by atoms with Gasteiger partial charge in [0.2, 0.25) is 10.0 Å². The fourth-order valence-electron chi connectivity index (χ4n) is 2.27. The molecule has 0 spiro atoms. The number of nitrogens with zero attached hydrogens (tertiary/aromatic N) is 1. The molecule has 4 amide bonds. The third-order valence-corrected chi connectivity index (χ3v) is 3.96. The third-order valence-electron chi connectivity index (χ3n) is 3.37. The van der Waals surface area contributed by atoms with Crippen molar-refractivity contribution in [2.24, 2.45) is 0 Å². The molecule has 0 aliphatic carbocycles. The van der Waals surface area contributed by atoms with Crippen LogP contribution in [0.3, 0.4) is 0 Å². The highest BCUT2D eigenvalue weighted by Gasteiger charge is 2.18. The van der Waals surface area contributed by atoms with Gasteiger partial charge >= 0.3 is 12.1 Å². The number of anilines is 2. The quantitative estimate of drug-likeness (QED) is 0.545. The molecule has 1 aromatic carbocycles. The average molecular weight is 371 g/mol. The minimum absolute atomic E-state index is 0.145. The minimum Gasteiger partial charge on any atom is -0.495 e. The highest BCUT2D eigenvalue weighted by Crippen LogP contribution is 2.28. The maximum absolute atomic E-state index is 11.9. The van der Waals surface area contributed by atoms with Crippen molar-refractivity contribution in [1.29, 1.82) is 0 Å². The van der Waals surface area contributed by atoms with E-state index in [1.807, 2.05) is 0 Å². The molecule has 2 rings (SSSR count). The van der Waals surface area contributed by atoms with E-state index in [2.05, 4.69) is 20.7 Å². The lowest BCUT2D eigenvalue weighted by Crippen LogP contribution is -2.38. The maximum atomic E-state index is 11.9. The molecule has 0 radical (unpaired) electrons. The molecular formula is C14H21N5O5S. The van der Waals surface area contributed by atoms with Gasteiger partial charge < -0.3 is 25.6 Å². The molecule has 1 aliphatic heterocycles. The molecule has 25 heavy (non-hydrogen) atoms. The fraction of sp³-hybridized carbons (Fsp3) is 0.429. The molecule has 1 heterocycles. The van der Waals surface area contributed by atoms with Crippen LogP contribution in [0.15, 0.2) is 18.2 Å². The summed E-state index contributed by atoms with van der Waals surface area (Å²) in [6.45, 7) is 1.92. The van der Waals surface area contributed by atoms with Crippen molar-refractivity contribution in [1.82, 2.24) is 15.5 Å². The Morgan fingerprint density at radius 3 is 2.76 bits per heavy atom. The van der Waals surface area contributed by atoms with E-state index in [0.29, 0.717) is 37.6 Å². The highest BCUT2D eigenvalue weighted by molar-refractivity contribution is 7.92. The molecule has 0 bridgehead atoms. The summed E-state index contributed by atoms with van der Waals surface area (Å²) in [4.78, 5) is 24.9. The summed E-state index contributed by atoms with van der Waals surface area (Å²) in [7, 11) is -2.07. The molecule has 10 nitrogen and oxygen atoms in total. The highest BCUT2D eigenvalue weighted by atomic mass is 32.2. The Bertz CT molecular complexity index is 752. The van der Waals surface area contributed by atoms with Gasteiger partial charge in [0, 0.05) is 31.9 Å². The number of hydrogen-bond donors (Lipinski definition) is 4. The van der Waals surface area contributed by atoms with Gasteiger partial charge in [-0.1, -0.05) is 0 Å². The van der Waals surface area contributed by atoms with Crippen molar-refractivity contribution < 1.29 is 22.7 Å². The van der Waals surface area contributed by atoms with Gasteiger partial charge in [0.05, 0.1) is 19.1 Å². The first-order valence-electron chi connectivity index (χ1n) is 7.52. The number of carbonyl (C=O) groups is 2. The van der Waals surface area contributed by atoms with Gasteiger partial charge in [0.25, 0.3) is 0 Å². The fourth-order valence-corrected chi connectivity index (χ4v) is 2.83. The number of amides is 4. The molecule has 1 fully saturated rings. The number of sulfonamides is 1. The van der Waals surface area contributed by atoms with Crippen LogP contribution >= 0.6 is 0 Å². The summed E-state index contributed by atoms with van der Waals surface area (Å²) >= 11 is 0. The number of nitrogens with one attached hydrogen (secondary N) is 4. The monoisotopic (exact) mass is 371 g/mol. The molecule has 4 N–H and O–H groups in total. The molecule has 0 saturated carbocycles. The van der Waals surface area contributed by atoms with Gasteiger partial charge in [-0.25, -0.2) is 18.0 Å². The van der Waals surface area contributed by atoms with Crippen molar-refractivity contribution in [3.05, 3.63) is 18.2 Å². The van der Waals surface area contributed by atoms with E-state index >= 15 is 0 Å². The Balaban J connectivity index is 1.91. The zero-order chi connectivity index (χ0) is 18.4. The lowest BCUT2D eigenvalue weighted by Gasteiger charge is -2.15. The number of carbonyl (C=O) groups excluding carboxylic acids is 2. The van der Waals surface area contributed by atoms with E-state index in [1.54, 1.807) is 11.0 Å². The van der Waals surface area contributed by atoms with Gasteiger partial charge in [-0.05, 0) is 18.2 Å². The lowest BCUT2D eigenvalue weighted by atomic mass is 10.2. The van der Waals surface area contributed by atoms with E-state index in [0.717, 1.165) is 6.26 Å². The van der Waals surface area contributed by atoms with Crippen LogP contribution in [0, 0.1) is 0 Å². The Hall–Kier alpha value is -2.69. The Labute approximate surface area is 146 Å². The van der Waals surface area contributed by atoms with Crippen LogP contribution in [0.2, 0.25) is 0 Å². The zero-order valence-corrected chi connectivity index (χ0v) is 14.8. The topological polar surface area (TPSA) is 129 Å². The predicted molar refractivity (Wildman–Crippen MR) is 93.5 cm³/mol. The smallest absolute Gasteiger partial charge is 0.319 e. The maximum Gasteiger partial charge on any atom is 0.319 e. The Morgan fingerprint density at radius 1 is 1.40 bits per heavy atom. The van der Waals surface area contributed by atoms with Gasteiger partial charge in [-0.2, -0.15) is 0 Å². The van der Waals surface area contributed by atoms with E-state index in [1.165, 1.54) is 19.2 Å². The summed E-state index contributed by atoms with van der Waals surface area (Å²) in [5, 5.41) is 7.90. The summed E-state index contributed by atoms with van der Waals surface area (Å²) in [5.74, 6) is 0.330. The first kappa shape index (κ1) is 18.6. The van der Waals surface area contributed by atoms with Gasteiger partial charge in [-0.3, -0.25) is 4.72 Å². The van der Waals surface area contributed by atoms with Crippen LogP contribution in [0.5, 0.6) is 5.75 Å². The standard InChI is InChI=1S/C14H21N5O5S/c1-24-12-4-3-10(9-11(12)18-25(2,22)23)17-13(20)15-5-7-19-8-6-16-14(19)21/h3-4,9,18H,5-8H2,1-2H3,(H,16,21)(H2,15,17,20). The van der Waals surface area contributed by atoms with E-state index in [9.17, 15) is 18.0 Å². The van der Waals surface area contributed by atoms with Crippen molar-refractivity contribution in [2.75, 3.05) is 49.6 Å². The van der Waals surface area contributed by atoms with Crippen LogP contribution in [-0.2, 0) is 10.0 Å². The average Bonchev–Trinajstić information content (AvgIpc) is 2.91. The zero-order valence-electron chi connectivity index (χ0n) is 14.0. The summed E-state index contributed by atoms with van der Waals surface area (Å²) in [5.41, 5.74) is 0.611. The second-order valence-electron chi connectivity index (χ2n) is 5.39. The molecule has 0 aromatic heterocycles. The Kier molecular flexibility index (Phi) is 5.91. The lowest BCUT2D eigenvalue weighted by molar-refractivity contribution is 0.216. The van der Waals surface area contributed by atoms with Crippen molar-refractivity contribution in [3.8, 4) is 5.75 Å². The number of urea groups is 2.